The van der Waals surface area contributed by atoms with Gasteiger partial charge in [-0.15, -0.1) is 0 Å². The molecule has 0 bridgehead atoms. The third kappa shape index (κ3) is 4.41. The second kappa shape index (κ2) is 7.57. The third-order valence-corrected chi connectivity index (χ3v) is 4.95. The Morgan fingerprint density at radius 3 is 2.29 bits per heavy atom. The van der Waals surface area contributed by atoms with Gasteiger partial charge in [-0.25, -0.2) is 0 Å². The molecule has 0 heterocycles. The van der Waals surface area contributed by atoms with Gasteiger partial charge in [-0.3, -0.25) is 0 Å². The van der Waals surface area contributed by atoms with E-state index in [1.165, 1.54) is 16.7 Å². The lowest BCUT2D eigenvalue weighted by molar-refractivity contribution is 0.455. The van der Waals surface area contributed by atoms with Crippen LogP contribution in [0.3, 0.4) is 0 Å². The van der Waals surface area contributed by atoms with Crippen LogP contribution in [0.25, 0.3) is 0 Å². The zero-order valence-corrected chi connectivity index (χ0v) is 15.8. The van der Waals surface area contributed by atoms with Crippen LogP contribution < -0.4 is 5.32 Å². The van der Waals surface area contributed by atoms with E-state index in [2.05, 4.69) is 100 Å². The quantitative estimate of drug-likeness (QED) is 0.607. The van der Waals surface area contributed by atoms with E-state index in [1.54, 1.807) is 0 Å². The van der Waals surface area contributed by atoms with Crippen molar-refractivity contribution in [1.82, 2.24) is 5.32 Å². The van der Waals surface area contributed by atoms with Crippen molar-refractivity contribution in [2.24, 2.45) is 0 Å². The SMILES string of the molecule is CCC(NC(C)c1ccc(Br)cc1Br)c1ccc(C)cc1. The molecule has 2 atom stereocenters. The second-order valence-corrected chi connectivity index (χ2v) is 7.20. The molecule has 0 aliphatic rings. The summed E-state index contributed by atoms with van der Waals surface area (Å²) >= 11 is 7.16. The zero-order valence-electron chi connectivity index (χ0n) is 12.7. The standard InChI is InChI=1S/C18H21Br2N/c1-4-18(14-7-5-12(2)6-8-14)21-13(3)16-10-9-15(19)11-17(16)20/h5-11,13,18,21H,4H2,1-3H3. The number of halogens is 2. The van der Waals surface area contributed by atoms with Crippen LogP contribution in [-0.2, 0) is 0 Å². The predicted molar refractivity (Wildman–Crippen MR) is 97.6 cm³/mol. The van der Waals surface area contributed by atoms with Gasteiger partial charge in [-0.05, 0) is 43.5 Å². The summed E-state index contributed by atoms with van der Waals surface area (Å²) in [6.45, 7) is 6.56. The maximum absolute atomic E-state index is 3.73. The molecule has 0 aliphatic carbocycles. The summed E-state index contributed by atoms with van der Waals surface area (Å²) in [5.41, 5.74) is 3.93. The Bertz CT molecular complexity index is 593. The summed E-state index contributed by atoms with van der Waals surface area (Å²) in [5.74, 6) is 0. The molecule has 0 saturated heterocycles. The molecule has 1 N–H and O–H groups in total. The van der Waals surface area contributed by atoms with Crippen molar-refractivity contribution in [2.75, 3.05) is 0 Å². The highest BCUT2D eigenvalue weighted by atomic mass is 79.9. The monoisotopic (exact) mass is 409 g/mol. The molecule has 21 heavy (non-hydrogen) atoms. The van der Waals surface area contributed by atoms with Crippen molar-refractivity contribution in [1.29, 1.82) is 0 Å². The van der Waals surface area contributed by atoms with E-state index in [-0.39, 0.29) is 0 Å². The molecule has 3 heteroatoms. The summed E-state index contributed by atoms with van der Waals surface area (Å²) < 4.78 is 2.23. The molecular weight excluding hydrogens is 390 g/mol. The molecule has 0 spiro atoms. The van der Waals surface area contributed by atoms with Crippen molar-refractivity contribution in [3.8, 4) is 0 Å². The second-order valence-electron chi connectivity index (χ2n) is 5.43. The normalized spacial score (nSPS) is 14.0. The third-order valence-electron chi connectivity index (χ3n) is 3.77. The lowest BCUT2D eigenvalue weighted by Gasteiger charge is -2.24. The van der Waals surface area contributed by atoms with E-state index >= 15 is 0 Å². The minimum absolute atomic E-state index is 0.290. The van der Waals surface area contributed by atoms with Crippen LogP contribution in [0.2, 0.25) is 0 Å². The fourth-order valence-electron chi connectivity index (χ4n) is 2.49. The van der Waals surface area contributed by atoms with E-state index in [4.69, 9.17) is 0 Å². The topological polar surface area (TPSA) is 12.0 Å². The molecule has 2 aromatic carbocycles. The summed E-state index contributed by atoms with van der Waals surface area (Å²) in [6.07, 6.45) is 1.07. The molecular formula is C18H21Br2N. The Hall–Kier alpha value is -0.640. The summed E-state index contributed by atoms with van der Waals surface area (Å²) in [7, 11) is 0. The van der Waals surface area contributed by atoms with Gasteiger partial charge >= 0.3 is 0 Å². The van der Waals surface area contributed by atoms with Gasteiger partial charge < -0.3 is 5.32 Å². The smallest absolute Gasteiger partial charge is 0.0323 e. The van der Waals surface area contributed by atoms with Crippen molar-refractivity contribution in [2.45, 2.75) is 39.3 Å². The van der Waals surface area contributed by atoms with Gasteiger partial charge in [0, 0.05) is 21.0 Å². The van der Waals surface area contributed by atoms with Gasteiger partial charge in [0.25, 0.3) is 0 Å². The van der Waals surface area contributed by atoms with Crippen LogP contribution in [0.4, 0.5) is 0 Å². The number of nitrogens with one attached hydrogen (secondary N) is 1. The maximum atomic E-state index is 3.73. The molecule has 2 unspecified atom stereocenters. The van der Waals surface area contributed by atoms with Crippen LogP contribution in [0.5, 0.6) is 0 Å². The first-order valence-corrected chi connectivity index (χ1v) is 8.87. The molecule has 2 rings (SSSR count). The number of aryl methyl sites for hydroxylation is 1. The first-order valence-electron chi connectivity index (χ1n) is 7.28. The van der Waals surface area contributed by atoms with Crippen LogP contribution in [0.1, 0.15) is 49.0 Å². The molecule has 0 aromatic heterocycles. The maximum Gasteiger partial charge on any atom is 0.0323 e. The Morgan fingerprint density at radius 1 is 1.05 bits per heavy atom. The van der Waals surface area contributed by atoms with Crippen molar-refractivity contribution >= 4 is 31.9 Å². The lowest BCUT2D eigenvalue weighted by atomic mass is 10.0. The van der Waals surface area contributed by atoms with Gasteiger partial charge in [0.2, 0.25) is 0 Å². The largest absolute Gasteiger partial charge is 0.303 e. The first-order chi connectivity index (χ1) is 10.0. The van der Waals surface area contributed by atoms with Crippen LogP contribution >= 0.6 is 31.9 Å². The number of benzene rings is 2. The Balaban J connectivity index is 2.15. The average molecular weight is 411 g/mol. The Labute approximate surface area is 144 Å². The van der Waals surface area contributed by atoms with E-state index < -0.39 is 0 Å². The number of hydrogen-bond donors (Lipinski definition) is 1. The average Bonchev–Trinajstić information content (AvgIpc) is 2.45. The van der Waals surface area contributed by atoms with Gasteiger partial charge in [-0.1, -0.05) is 74.7 Å². The number of rotatable bonds is 5. The minimum atomic E-state index is 0.290. The molecule has 0 radical (unpaired) electrons. The van der Waals surface area contributed by atoms with Crippen LogP contribution in [0.15, 0.2) is 51.4 Å². The fraction of sp³-hybridized carbons (Fsp3) is 0.333. The molecule has 0 amide bonds. The van der Waals surface area contributed by atoms with Crippen LogP contribution in [0, 0.1) is 6.92 Å². The zero-order chi connectivity index (χ0) is 15.4. The highest BCUT2D eigenvalue weighted by Gasteiger charge is 2.15. The molecule has 2 aromatic rings. The van der Waals surface area contributed by atoms with Gasteiger partial charge in [0.05, 0.1) is 0 Å². The molecule has 112 valence electrons. The van der Waals surface area contributed by atoms with Crippen molar-refractivity contribution in [3.05, 3.63) is 68.1 Å². The first kappa shape index (κ1) is 16.7. The summed E-state index contributed by atoms with van der Waals surface area (Å²) in [6, 6.07) is 15.8. The number of hydrogen-bond acceptors (Lipinski definition) is 1. The van der Waals surface area contributed by atoms with E-state index in [9.17, 15) is 0 Å². The lowest BCUT2D eigenvalue weighted by Crippen LogP contribution is -2.24. The van der Waals surface area contributed by atoms with Gasteiger partial charge in [0.15, 0.2) is 0 Å². The molecule has 0 fully saturated rings. The van der Waals surface area contributed by atoms with Gasteiger partial charge in [-0.2, -0.15) is 0 Å². The Kier molecular flexibility index (Phi) is 6.03. The van der Waals surface area contributed by atoms with Crippen LogP contribution in [-0.4, -0.2) is 0 Å². The molecule has 0 aliphatic heterocycles. The highest BCUT2D eigenvalue weighted by Crippen LogP contribution is 2.29. The van der Waals surface area contributed by atoms with Crippen molar-refractivity contribution < 1.29 is 0 Å². The predicted octanol–water partition coefficient (Wildman–Crippen LogP) is 6.32. The Morgan fingerprint density at radius 2 is 1.71 bits per heavy atom. The summed E-state index contributed by atoms with van der Waals surface area (Å²) in [5, 5.41) is 3.73. The minimum Gasteiger partial charge on any atom is -0.303 e. The molecule has 0 saturated carbocycles. The van der Waals surface area contributed by atoms with Gasteiger partial charge in [0.1, 0.15) is 0 Å². The fourth-order valence-corrected chi connectivity index (χ4v) is 3.88. The summed E-state index contributed by atoms with van der Waals surface area (Å²) in [4.78, 5) is 0. The van der Waals surface area contributed by atoms with E-state index in [0.717, 1.165) is 15.4 Å². The van der Waals surface area contributed by atoms with Crippen molar-refractivity contribution in [3.63, 3.8) is 0 Å². The van der Waals surface area contributed by atoms with E-state index in [1.807, 2.05) is 0 Å². The highest BCUT2D eigenvalue weighted by molar-refractivity contribution is 9.11. The molecule has 1 nitrogen and oxygen atoms in total. The van der Waals surface area contributed by atoms with E-state index in [0.29, 0.717) is 12.1 Å².